The highest BCUT2D eigenvalue weighted by molar-refractivity contribution is 6.30. The lowest BCUT2D eigenvalue weighted by Crippen LogP contribution is -2.13. The zero-order valence-electron chi connectivity index (χ0n) is 11.2. The molecule has 0 unspecified atom stereocenters. The summed E-state index contributed by atoms with van der Waals surface area (Å²) in [5.74, 6) is -0.850. The Morgan fingerprint density at radius 1 is 1.10 bits per heavy atom. The number of nitrogens with two attached hydrogens (primary N) is 1. The number of esters is 1. The summed E-state index contributed by atoms with van der Waals surface area (Å²) < 4.78 is 4.63. The Morgan fingerprint density at radius 3 is 2.38 bits per heavy atom. The van der Waals surface area contributed by atoms with E-state index < -0.39 is 5.97 Å². The molecular formula is C15H13ClN2O3. The molecule has 0 aliphatic heterocycles. The number of benzene rings is 2. The van der Waals surface area contributed by atoms with Crippen LogP contribution in [0.25, 0.3) is 0 Å². The highest BCUT2D eigenvalue weighted by atomic mass is 35.5. The number of anilines is 2. The number of rotatable bonds is 3. The van der Waals surface area contributed by atoms with E-state index in [-0.39, 0.29) is 11.5 Å². The maximum atomic E-state index is 12.1. The number of halogens is 1. The number of amides is 1. The van der Waals surface area contributed by atoms with Crippen LogP contribution in [0.4, 0.5) is 11.4 Å². The normalized spacial score (nSPS) is 10.0. The van der Waals surface area contributed by atoms with Crippen molar-refractivity contribution in [3.8, 4) is 0 Å². The van der Waals surface area contributed by atoms with E-state index >= 15 is 0 Å². The van der Waals surface area contributed by atoms with E-state index in [4.69, 9.17) is 17.3 Å². The summed E-state index contributed by atoms with van der Waals surface area (Å²) in [5, 5.41) is 3.21. The molecule has 108 valence electrons. The molecule has 0 radical (unpaired) electrons. The highest BCUT2D eigenvalue weighted by Gasteiger charge is 2.11. The SMILES string of the molecule is COC(=O)c1cc(N)cc(NC(=O)c2ccc(Cl)cc2)c1. The predicted octanol–water partition coefficient (Wildman–Crippen LogP) is 2.96. The molecule has 0 saturated carbocycles. The lowest BCUT2D eigenvalue weighted by atomic mass is 10.1. The third kappa shape index (κ3) is 3.73. The number of methoxy groups -OCH3 is 1. The van der Waals surface area contributed by atoms with Crippen molar-refractivity contribution in [2.45, 2.75) is 0 Å². The van der Waals surface area contributed by atoms with Gasteiger partial charge in [0.1, 0.15) is 0 Å². The molecule has 0 aliphatic rings. The molecule has 0 spiro atoms. The first-order valence-electron chi connectivity index (χ1n) is 6.05. The molecule has 3 N–H and O–H groups in total. The van der Waals surface area contributed by atoms with E-state index in [9.17, 15) is 9.59 Å². The Labute approximate surface area is 126 Å². The fraction of sp³-hybridized carbons (Fsp3) is 0.0667. The Morgan fingerprint density at radius 2 is 1.76 bits per heavy atom. The summed E-state index contributed by atoms with van der Waals surface area (Å²) >= 11 is 5.77. The Kier molecular flexibility index (Phi) is 4.45. The smallest absolute Gasteiger partial charge is 0.337 e. The van der Waals surface area contributed by atoms with Gasteiger partial charge in [-0.1, -0.05) is 11.6 Å². The lowest BCUT2D eigenvalue weighted by Gasteiger charge is -2.08. The molecule has 0 saturated heterocycles. The molecule has 0 aliphatic carbocycles. The van der Waals surface area contributed by atoms with Crippen LogP contribution in [0.5, 0.6) is 0 Å². The fourth-order valence-electron chi connectivity index (χ4n) is 1.76. The van der Waals surface area contributed by atoms with Crippen LogP contribution in [0.2, 0.25) is 5.02 Å². The second-order valence-corrected chi connectivity index (χ2v) is 4.73. The minimum absolute atomic E-state index is 0.268. The van der Waals surface area contributed by atoms with Gasteiger partial charge in [-0.05, 0) is 42.5 Å². The Balaban J connectivity index is 2.23. The quantitative estimate of drug-likeness (QED) is 0.674. The van der Waals surface area contributed by atoms with Crippen molar-refractivity contribution in [1.82, 2.24) is 0 Å². The molecule has 0 fully saturated rings. The molecule has 6 heteroatoms. The van der Waals surface area contributed by atoms with Gasteiger partial charge in [-0.2, -0.15) is 0 Å². The number of ether oxygens (including phenoxy) is 1. The van der Waals surface area contributed by atoms with Crippen LogP contribution in [0.1, 0.15) is 20.7 Å². The van der Waals surface area contributed by atoms with Gasteiger partial charge in [-0.15, -0.1) is 0 Å². The minimum Gasteiger partial charge on any atom is -0.465 e. The van der Waals surface area contributed by atoms with Gasteiger partial charge in [0.05, 0.1) is 12.7 Å². The third-order valence-electron chi connectivity index (χ3n) is 2.74. The summed E-state index contributed by atoms with van der Waals surface area (Å²) in [7, 11) is 1.28. The number of nitrogens with one attached hydrogen (secondary N) is 1. The second kappa shape index (κ2) is 6.28. The van der Waals surface area contributed by atoms with Gasteiger partial charge >= 0.3 is 5.97 Å². The maximum absolute atomic E-state index is 12.1. The summed E-state index contributed by atoms with van der Waals surface area (Å²) in [4.78, 5) is 23.6. The van der Waals surface area contributed by atoms with Crippen LogP contribution in [0, 0.1) is 0 Å². The summed E-state index contributed by atoms with van der Waals surface area (Å²) in [5.41, 5.74) is 7.19. The van der Waals surface area contributed by atoms with Gasteiger partial charge in [0.2, 0.25) is 0 Å². The lowest BCUT2D eigenvalue weighted by molar-refractivity contribution is 0.0600. The number of hydrogen-bond donors (Lipinski definition) is 2. The molecule has 0 bridgehead atoms. The van der Waals surface area contributed by atoms with E-state index in [1.807, 2.05) is 0 Å². The molecule has 0 heterocycles. The average Bonchev–Trinajstić information content (AvgIpc) is 2.46. The maximum Gasteiger partial charge on any atom is 0.337 e. The van der Waals surface area contributed by atoms with Gasteiger partial charge in [-0.25, -0.2) is 4.79 Å². The number of nitrogen functional groups attached to an aromatic ring is 1. The van der Waals surface area contributed by atoms with E-state index in [1.54, 1.807) is 30.3 Å². The van der Waals surface area contributed by atoms with Crippen molar-refractivity contribution >= 4 is 34.9 Å². The van der Waals surface area contributed by atoms with Crippen LogP contribution in [0.3, 0.4) is 0 Å². The third-order valence-corrected chi connectivity index (χ3v) is 2.99. The topological polar surface area (TPSA) is 81.4 Å². The summed E-state index contributed by atoms with van der Waals surface area (Å²) in [6.45, 7) is 0. The van der Waals surface area contributed by atoms with E-state index in [0.29, 0.717) is 22.0 Å². The largest absolute Gasteiger partial charge is 0.465 e. The molecule has 1 amide bonds. The first-order valence-corrected chi connectivity index (χ1v) is 6.43. The van der Waals surface area contributed by atoms with Crippen molar-refractivity contribution in [1.29, 1.82) is 0 Å². The van der Waals surface area contributed by atoms with Gasteiger partial charge in [0.15, 0.2) is 0 Å². The monoisotopic (exact) mass is 304 g/mol. The van der Waals surface area contributed by atoms with Crippen molar-refractivity contribution in [3.05, 3.63) is 58.6 Å². The van der Waals surface area contributed by atoms with Crippen LogP contribution in [-0.4, -0.2) is 19.0 Å². The van der Waals surface area contributed by atoms with E-state index in [2.05, 4.69) is 10.1 Å². The number of carbonyl (C=O) groups is 2. The summed E-state index contributed by atoms with van der Waals surface area (Å²) in [6.07, 6.45) is 0. The van der Waals surface area contributed by atoms with Gasteiger partial charge < -0.3 is 15.8 Å². The second-order valence-electron chi connectivity index (χ2n) is 4.30. The van der Waals surface area contributed by atoms with Crippen LogP contribution in [-0.2, 0) is 4.74 Å². The number of carbonyl (C=O) groups excluding carboxylic acids is 2. The molecule has 2 aromatic carbocycles. The molecule has 0 aromatic heterocycles. The molecule has 0 atom stereocenters. The molecular weight excluding hydrogens is 292 g/mol. The first-order chi connectivity index (χ1) is 9.99. The summed E-state index contributed by atoms with van der Waals surface area (Å²) in [6, 6.07) is 11.0. The van der Waals surface area contributed by atoms with Gasteiger partial charge in [-0.3, -0.25) is 4.79 Å². The minimum atomic E-state index is -0.524. The number of hydrogen-bond acceptors (Lipinski definition) is 4. The standard InChI is InChI=1S/C15H13ClN2O3/c1-21-15(20)10-6-12(17)8-13(7-10)18-14(19)9-2-4-11(16)5-3-9/h2-8H,17H2,1H3,(H,18,19). The fourth-order valence-corrected chi connectivity index (χ4v) is 1.89. The molecule has 5 nitrogen and oxygen atoms in total. The van der Waals surface area contributed by atoms with Gasteiger partial charge in [0, 0.05) is 22.0 Å². The van der Waals surface area contributed by atoms with Crippen molar-refractivity contribution in [2.24, 2.45) is 0 Å². The highest BCUT2D eigenvalue weighted by Crippen LogP contribution is 2.19. The zero-order chi connectivity index (χ0) is 15.4. The van der Waals surface area contributed by atoms with Crippen LogP contribution >= 0.6 is 11.6 Å². The van der Waals surface area contributed by atoms with Crippen molar-refractivity contribution in [2.75, 3.05) is 18.2 Å². The van der Waals surface area contributed by atoms with Crippen LogP contribution in [0.15, 0.2) is 42.5 Å². The molecule has 2 aromatic rings. The van der Waals surface area contributed by atoms with Gasteiger partial charge in [0.25, 0.3) is 5.91 Å². The van der Waals surface area contributed by atoms with Crippen molar-refractivity contribution in [3.63, 3.8) is 0 Å². The first kappa shape index (κ1) is 14.9. The van der Waals surface area contributed by atoms with Crippen molar-refractivity contribution < 1.29 is 14.3 Å². The zero-order valence-corrected chi connectivity index (χ0v) is 12.0. The Hall–Kier alpha value is -2.53. The average molecular weight is 305 g/mol. The van der Waals surface area contributed by atoms with E-state index in [0.717, 1.165) is 0 Å². The van der Waals surface area contributed by atoms with E-state index in [1.165, 1.54) is 19.2 Å². The Bertz CT molecular complexity index is 684. The molecule has 21 heavy (non-hydrogen) atoms. The van der Waals surface area contributed by atoms with Crippen LogP contribution < -0.4 is 11.1 Å². The predicted molar refractivity (Wildman–Crippen MR) is 81.6 cm³/mol. The molecule has 2 rings (SSSR count).